The van der Waals surface area contributed by atoms with Gasteiger partial charge in [-0.15, -0.1) is 0 Å². The molecule has 14 amide bonds. The molecule has 0 saturated carbocycles. The standard InChI is InChI=1S/C15H27NO4.C13H24N2O4.C12H22F2N2O2.C12H23NO3.C10H20N2O3.2C10H18N2O2.C7H14N2O2/c1-7-20-12(18)9-8-11(17)13(10(2)3)16-14(19)15(4,5)6;1-8(2)10(15-12(18)13(3,4)5)11(17)14-7-9(16)19-6;1-7(2)9(10(17)15-6-8(13)14)16-11(18)12(3,4)5;1-7-16-10(14)9(8(2)3)13-11(15)12(4,5)6;1-7(2)12(11-9(14)15-6)8(13)10(3,4)5;2*1-7-5-6-12(8(7)13)11-9(14)10(2,3)4;1-5(10)8-9-6(11)7(2,3)4/h10,13H,7-9H2,1-6H3,(H,16,19);8,10H,7H2,1-6H3,(H,14,17)(H,15,18);7-9H,6H2,1-5H3,(H,15,17)(H,16,18);8-9H,7H2,1-6H3,(H,13,15);7H,1-6H3,(H,11,14);2*7H,5-6H2,1-4H3,(H,11,14);1-4H3,(H,8,10)(H,9,11)/t13-;10-;2*9-;;2*7-;/m0110.10./s1. The van der Waals surface area contributed by atoms with E-state index in [1.807, 2.05) is 132 Å². The molecule has 0 aliphatic carbocycles. The highest BCUT2D eigenvalue weighted by molar-refractivity contribution is 5.94. The monoisotopic (exact) mass is 1820 g/mol. The lowest BCUT2D eigenvalue weighted by Gasteiger charge is -2.31. The zero-order chi connectivity index (χ0) is 102. The molecule has 2 aliphatic rings. The van der Waals surface area contributed by atoms with E-state index in [4.69, 9.17) is 9.47 Å². The zero-order valence-corrected chi connectivity index (χ0v) is 84.6. The van der Waals surface area contributed by atoms with Gasteiger partial charge in [-0.2, -0.15) is 0 Å². The normalized spacial score (nSPS) is 14.8. The van der Waals surface area contributed by atoms with Crippen LogP contribution in [0.3, 0.4) is 0 Å². The van der Waals surface area contributed by atoms with Crippen LogP contribution in [0.25, 0.3) is 0 Å². The quantitative estimate of drug-likeness (QED) is 0.0243. The number of hydrogen-bond donors (Lipinski definition) is 11. The van der Waals surface area contributed by atoms with Gasteiger partial charge in [-0.3, -0.25) is 108 Å². The SMILES string of the molecule is CC(=O)NNC(=O)C(C)(C)C.CC(C)[C@@H](NC(=O)C(C)(C)C)C(=O)NCC(F)F.CCOC(=O)CCC(=O)[C@@H](NC(=O)C(C)(C)C)C(C)C.CCOC(=O)[C@@H](NC(=O)C(C)(C)C)C(C)C.COC(=O)CNC(=O)[C@H](NC(=O)C(C)(C)C)C(C)C.COC(=O)NN(C(=O)C(C)(C)C)C(C)C.C[C@@H]1CCN(NC(=O)C(C)(C)C)C1=O.C[C@H]1CCN(NC(=O)C(C)(C)C)C1=O. The van der Waals surface area contributed by atoms with Gasteiger partial charge in [-0.1, -0.05) is 235 Å². The van der Waals surface area contributed by atoms with Crippen LogP contribution in [0.15, 0.2) is 0 Å². The average molecular weight is 1820 g/mol. The van der Waals surface area contributed by atoms with Crippen LogP contribution in [0.5, 0.6) is 0 Å². The first kappa shape index (κ1) is 128. The van der Waals surface area contributed by atoms with E-state index in [2.05, 4.69) is 68.5 Å². The van der Waals surface area contributed by atoms with Crippen molar-refractivity contribution in [3.63, 3.8) is 0 Å². The van der Waals surface area contributed by atoms with Gasteiger partial charge in [0.05, 0.1) is 46.4 Å². The molecule has 738 valence electrons. The summed E-state index contributed by atoms with van der Waals surface area (Å²) in [4.78, 5) is 207. The lowest BCUT2D eigenvalue weighted by Crippen LogP contribution is -2.53. The first-order chi connectivity index (χ1) is 57.1. The van der Waals surface area contributed by atoms with Crippen LogP contribution in [0.1, 0.15) is 296 Å². The molecule has 0 spiro atoms. The number of alkyl halides is 2. The Morgan fingerprint density at radius 2 is 0.740 bits per heavy atom. The van der Waals surface area contributed by atoms with Crippen LogP contribution in [0.2, 0.25) is 0 Å². The van der Waals surface area contributed by atoms with Crippen molar-refractivity contribution in [1.29, 1.82) is 0 Å². The van der Waals surface area contributed by atoms with Crippen LogP contribution in [0.4, 0.5) is 13.6 Å². The summed E-state index contributed by atoms with van der Waals surface area (Å²) in [6.45, 7) is 70.8. The lowest BCUT2D eigenvalue weighted by molar-refractivity contribution is -0.149. The highest BCUT2D eigenvalue weighted by Crippen LogP contribution is 2.24. The molecule has 0 unspecified atom stereocenters. The Bertz CT molecular complexity index is 3480. The van der Waals surface area contributed by atoms with Gasteiger partial charge in [-0.25, -0.2) is 28.8 Å². The molecule has 2 saturated heterocycles. The number of methoxy groups -OCH3 is 2. The third-order valence-electron chi connectivity index (χ3n) is 17.5. The summed E-state index contributed by atoms with van der Waals surface area (Å²) in [5.74, 6) is -4.17. The van der Waals surface area contributed by atoms with Crippen molar-refractivity contribution in [2.75, 3.05) is 53.6 Å². The van der Waals surface area contributed by atoms with E-state index in [-0.39, 0.29) is 144 Å². The van der Waals surface area contributed by atoms with E-state index in [1.165, 1.54) is 36.2 Å². The smallest absolute Gasteiger partial charge is 0.425 e. The van der Waals surface area contributed by atoms with E-state index >= 15 is 0 Å². The number of amides is 14. The van der Waals surface area contributed by atoms with Crippen LogP contribution in [-0.4, -0.2) is 212 Å². The van der Waals surface area contributed by atoms with Crippen molar-refractivity contribution in [1.82, 2.24) is 74.1 Å². The lowest BCUT2D eigenvalue weighted by atomic mass is 9.92. The topological polar surface area (TPSA) is 486 Å². The second kappa shape index (κ2) is 58.7. The number of halogens is 2. The highest BCUT2D eigenvalue weighted by Gasteiger charge is 2.38. The fourth-order valence-corrected chi connectivity index (χ4v) is 8.79. The van der Waals surface area contributed by atoms with Crippen molar-refractivity contribution in [2.24, 2.45) is 78.8 Å². The molecular formula is C89H166F2N14O22. The predicted molar refractivity (Wildman–Crippen MR) is 481 cm³/mol. The maximum Gasteiger partial charge on any atom is 0.425 e. The van der Waals surface area contributed by atoms with Gasteiger partial charge >= 0.3 is 24.0 Å². The zero-order valence-electron chi connectivity index (χ0n) is 84.6. The Kier molecular flexibility index (Phi) is 59.2. The Balaban J connectivity index is -0.000000331. The minimum Gasteiger partial charge on any atom is -0.468 e. The van der Waals surface area contributed by atoms with Crippen LogP contribution >= 0.6 is 0 Å². The molecule has 0 aromatic heterocycles. The van der Waals surface area contributed by atoms with Gasteiger partial charge < -0.3 is 50.8 Å². The van der Waals surface area contributed by atoms with Gasteiger partial charge in [0.2, 0.25) is 76.8 Å². The summed E-state index contributed by atoms with van der Waals surface area (Å²) < 4.78 is 42.6. The van der Waals surface area contributed by atoms with Crippen molar-refractivity contribution < 1.29 is 114 Å². The number of carbonyl (C=O) groups is 18. The number of hydrogen-bond acceptors (Lipinski definition) is 22. The van der Waals surface area contributed by atoms with E-state index in [0.29, 0.717) is 26.3 Å². The van der Waals surface area contributed by atoms with E-state index in [1.54, 1.807) is 132 Å². The molecule has 127 heavy (non-hydrogen) atoms. The van der Waals surface area contributed by atoms with Gasteiger partial charge in [0.15, 0.2) is 5.78 Å². The van der Waals surface area contributed by atoms with Gasteiger partial charge in [0.1, 0.15) is 24.7 Å². The third kappa shape index (κ3) is 57.7. The fraction of sp³-hybridized carbons (Fsp3) is 0.798. The summed E-state index contributed by atoms with van der Waals surface area (Å²) in [6.07, 6.45) is -1.44. The van der Waals surface area contributed by atoms with Crippen LogP contribution in [0, 0.1) is 78.8 Å². The second-order valence-electron chi connectivity index (χ2n) is 40.5. The summed E-state index contributed by atoms with van der Waals surface area (Å²) in [5, 5.41) is 19.5. The third-order valence-corrected chi connectivity index (χ3v) is 17.5. The number of Topliss-reactive ketones (excluding diaryl/α,β-unsaturated/α-hetero) is 1. The minimum atomic E-state index is -2.60. The maximum atomic E-state index is 12.1. The summed E-state index contributed by atoms with van der Waals surface area (Å²) in [5.41, 5.74) is 8.02. The molecule has 2 heterocycles. The largest absolute Gasteiger partial charge is 0.468 e. The Morgan fingerprint density at radius 1 is 0.417 bits per heavy atom. The molecule has 36 nitrogen and oxygen atoms in total. The molecule has 6 atom stereocenters. The van der Waals surface area contributed by atoms with E-state index in [0.717, 1.165) is 12.8 Å². The molecule has 38 heteroatoms. The molecule has 0 aromatic rings. The van der Waals surface area contributed by atoms with Crippen LogP contribution < -0.4 is 59.0 Å². The highest BCUT2D eigenvalue weighted by atomic mass is 19.3. The number of carbonyl (C=O) groups excluding carboxylic acids is 18. The van der Waals surface area contributed by atoms with Gasteiger partial charge in [-0.05, 0) is 64.2 Å². The summed E-state index contributed by atoms with van der Waals surface area (Å²) >= 11 is 0. The number of hydrazine groups is 4. The number of nitrogens with one attached hydrogen (secondary N) is 11. The fourth-order valence-electron chi connectivity index (χ4n) is 8.79. The number of rotatable bonds is 24. The Morgan fingerprint density at radius 3 is 1.00 bits per heavy atom. The Hall–Kier alpha value is -9.68. The van der Waals surface area contributed by atoms with Crippen molar-refractivity contribution >= 4 is 107 Å². The molecular weight excluding hydrogens is 1660 g/mol. The minimum absolute atomic E-state index is 0.0163. The first-order valence-electron chi connectivity index (χ1n) is 43.1. The van der Waals surface area contributed by atoms with E-state index < -0.39 is 104 Å². The molecule has 2 rings (SSSR count). The van der Waals surface area contributed by atoms with Gasteiger partial charge in [0, 0.05) is 87.6 Å². The molecule has 2 fully saturated rings. The molecule has 0 bridgehead atoms. The number of ether oxygens (including phenoxy) is 4. The molecule has 2 aliphatic heterocycles. The Labute approximate surface area is 756 Å². The molecule has 0 radical (unpaired) electrons. The number of esters is 3. The number of ketones is 1. The molecule has 0 aromatic carbocycles. The van der Waals surface area contributed by atoms with Crippen molar-refractivity contribution in [3.8, 4) is 0 Å². The average Bonchev–Trinajstić information content (AvgIpc) is 1.76. The van der Waals surface area contributed by atoms with Crippen molar-refractivity contribution in [2.45, 2.75) is 332 Å². The van der Waals surface area contributed by atoms with E-state index in [9.17, 15) is 95.1 Å². The van der Waals surface area contributed by atoms with Crippen LogP contribution in [-0.2, 0) is 100 Å². The van der Waals surface area contributed by atoms with Crippen molar-refractivity contribution in [3.05, 3.63) is 0 Å². The second-order valence-corrected chi connectivity index (χ2v) is 40.5. The number of nitrogens with zero attached hydrogens (tertiary/aromatic N) is 3. The van der Waals surface area contributed by atoms with Gasteiger partial charge in [0.25, 0.3) is 6.43 Å². The molecule has 11 N–H and O–H groups in total. The first-order valence-corrected chi connectivity index (χ1v) is 43.1. The predicted octanol–water partition coefficient (Wildman–Crippen LogP) is 9.44. The summed E-state index contributed by atoms with van der Waals surface area (Å²) in [6, 6.07) is -2.70. The summed E-state index contributed by atoms with van der Waals surface area (Å²) in [7, 11) is 2.51. The maximum absolute atomic E-state index is 12.1.